The first kappa shape index (κ1) is 37.6. The van der Waals surface area contributed by atoms with E-state index in [1.807, 2.05) is 30.3 Å². The van der Waals surface area contributed by atoms with Crippen LogP contribution in [0.3, 0.4) is 0 Å². The van der Waals surface area contributed by atoms with Crippen LogP contribution >= 0.6 is 0 Å². The number of hydrogen-bond acceptors (Lipinski definition) is 9. The molecule has 3 amide bonds. The van der Waals surface area contributed by atoms with Crippen LogP contribution in [0.25, 0.3) is 0 Å². The van der Waals surface area contributed by atoms with Crippen molar-refractivity contribution in [1.29, 1.82) is 0 Å². The van der Waals surface area contributed by atoms with Crippen molar-refractivity contribution < 1.29 is 38.2 Å². The molecule has 2 unspecified atom stereocenters. The van der Waals surface area contributed by atoms with Gasteiger partial charge in [-0.2, -0.15) is 0 Å². The summed E-state index contributed by atoms with van der Waals surface area (Å²) in [6.45, 7) is 7.37. The number of ether oxygens (including phenoxy) is 3. The quantitative estimate of drug-likeness (QED) is 0.134. The lowest BCUT2D eigenvalue weighted by Crippen LogP contribution is -2.55. The predicted octanol–water partition coefficient (Wildman–Crippen LogP) is 3.31. The van der Waals surface area contributed by atoms with Crippen LogP contribution in [-0.4, -0.2) is 81.4 Å². The third-order valence-electron chi connectivity index (χ3n) is 6.84. The third-order valence-corrected chi connectivity index (χ3v) is 6.84. The number of amides is 3. The highest BCUT2D eigenvalue weighted by Crippen LogP contribution is 2.17. The Hall–Kier alpha value is -4.61. The molecule has 0 saturated heterocycles. The predicted molar refractivity (Wildman–Crippen MR) is 174 cm³/mol. The second-order valence-electron chi connectivity index (χ2n) is 11.8. The molecular formula is C34H48N4O8. The van der Waals surface area contributed by atoms with Crippen LogP contribution in [0.1, 0.15) is 58.1 Å². The second-order valence-corrected chi connectivity index (χ2v) is 11.8. The topological polar surface area (TPSA) is 152 Å². The van der Waals surface area contributed by atoms with Gasteiger partial charge in [0.15, 0.2) is 0 Å². The Morgan fingerprint density at radius 1 is 0.739 bits per heavy atom. The van der Waals surface area contributed by atoms with E-state index in [1.54, 1.807) is 45.0 Å². The molecule has 2 atom stereocenters. The van der Waals surface area contributed by atoms with Crippen LogP contribution in [0.5, 0.6) is 0 Å². The molecule has 2 aromatic rings. The van der Waals surface area contributed by atoms with Gasteiger partial charge in [-0.3, -0.25) is 19.2 Å². The molecule has 0 aliphatic carbocycles. The van der Waals surface area contributed by atoms with Crippen molar-refractivity contribution in [3.8, 4) is 0 Å². The van der Waals surface area contributed by atoms with E-state index in [-0.39, 0.29) is 31.8 Å². The monoisotopic (exact) mass is 640 g/mol. The summed E-state index contributed by atoms with van der Waals surface area (Å²) in [7, 11) is 2.52. The number of benzene rings is 2. The van der Waals surface area contributed by atoms with Crippen LogP contribution in [-0.2, 0) is 46.2 Å². The van der Waals surface area contributed by atoms with Crippen molar-refractivity contribution in [2.24, 2.45) is 0 Å². The lowest BCUT2D eigenvalue weighted by atomic mass is 10.0. The van der Waals surface area contributed by atoms with Crippen LogP contribution in [0.4, 0.5) is 10.5 Å². The van der Waals surface area contributed by atoms with Gasteiger partial charge in [-0.25, -0.2) is 4.79 Å². The number of unbranched alkanes of at least 4 members (excludes halogenated alkanes) is 2. The molecule has 252 valence electrons. The average Bonchev–Trinajstić information content (AvgIpc) is 3.01. The molecule has 0 radical (unpaired) electrons. The molecule has 0 saturated carbocycles. The van der Waals surface area contributed by atoms with Crippen LogP contribution in [0.2, 0.25) is 0 Å². The van der Waals surface area contributed by atoms with E-state index in [0.717, 1.165) is 24.8 Å². The van der Waals surface area contributed by atoms with Gasteiger partial charge in [0.2, 0.25) is 11.8 Å². The standard InChI is InChI=1S/C34H48N4O8/c1-7-8-12-19-35-31(41)27(21-25-15-17-26(18-16-25)38(22-29(39)44-5)23-30(40)45-6)36-32(42)28(20-24-13-10-9-11-14-24)37-33(43)46-34(2,3)4/h9-11,13-18,27-28H,7-8,12,19-23H2,1-6H3,(H,35,41)(H,36,42)(H,37,43). The molecule has 0 bridgehead atoms. The summed E-state index contributed by atoms with van der Waals surface area (Å²) in [6, 6.07) is 14.2. The van der Waals surface area contributed by atoms with Crippen molar-refractivity contribution in [1.82, 2.24) is 16.0 Å². The number of nitrogens with zero attached hydrogens (tertiary/aromatic N) is 1. The smallest absolute Gasteiger partial charge is 0.408 e. The van der Waals surface area contributed by atoms with Gasteiger partial charge in [-0.05, 0) is 50.5 Å². The number of carbonyl (C=O) groups excluding carboxylic acids is 5. The second kappa shape index (κ2) is 19.0. The molecule has 0 aliphatic heterocycles. The van der Waals surface area contributed by atoms with E-state index in [4.69, 9.17) is 14.2 Å². The number of alkyl carbamates (subject to hydrolysis) is 1. The van der Waals surface area contributed by atoms with E-state index in [9.17, 15) is 24.0 Å². The van der Waals surface area contributed by atoms with E-state index < -0.39 is 41.6 Å². The number of anilines is 1. The third kappa shape index (κ3) is 14.0. The van der Waals surface area contributed by atoms with Crippen molar-refractivity contribution >= 4 is 35.5 Å². The van der Waals surface area contributed by atoms with Gasteiger partial charge >= 0.3 is 18.0 Å². The number of esters is 2. The lowest BCUT2D eigenvalue weighted by molar-refractivity contribution is -0.140. The lowest BCUT2D eigenvalue weighted by Gasteiger charge is -2.26. The average molecular weight is 641 g/mol. The first-order chi connectivity index (χ1) is 21.8. The Balaban J connectivity index is 2.30. The van der Waals surface area contributed by atoms with E-state index in [0.29, 0.717) is 17.8 Å². The summed E-state index contributed by atoms with van der Waals surface area (Å²) in [5, 5.41) is 8.42. The fourth-order valence-electron chi connectivity index (χ4n) is 4.46. The molecule has 12 heteroatoms. The molecule has 0 spiro atoms. The highest BCUT2D eigenvalue weighted by Gasteiger charge is 2.29. The van der Waals surface area contributed by atoms with E-state index in [2.05, 4.69) is 22.9 Å². The molecule has 3 N–H and O–H groups in total. The van der Waals surface area contributed by atoms with Gasteiger partial charge in [0.1, 0.15) is 30.8 Å². The zero-order chi connectivity index (χ0) is 34.1. The number of nitrogens with one attached hydrogen (secondary N) is 3. The van der Waals surface area contributed by atoms with Gasteiger partial charge in [0.25, 0.3) is 0 Å². The van der Waals surface area contributed by atoms with Crippen LogP contribution < -0.4 is 20.9 Å². The minimum Gasteiger partial charge on any atom is -0.468 e. The van der Waals surface area contributed by atoms with Crippen molar-refractivity contribution in [3.63, 3.8) is 0 Å². The Morgan fingerprint density at radius 3 is 1.80 bits per heavy atom. The van der Waals surface area contributed by atoms with E-state index in [1.165, 1.54) is 19.1 Å². The maximum atomic E-state index is 13.7. The summed E-state index contributed by atoms with van der Waals surface area (Å²) in [6.07, 6.45) is 2.31. The molecule has 12 nitrogen and oxygen atoms in total. The maximum absolute atomic E-state index is 13.7. The fourth-order valence-corrected chi connectivity index (χ4v) is 4.46. The Bertz CT molecular complexity index is 1260. The normalized spacial score (nSPS) is 12.2. The fraction of sp³-hybridized carbons (Fsp3) is 0.500. The highest BCUT2D eigenvalue weighted by molar-refractivity contribution is 5.91. The molecule has 46 heavy (non-hydrogen) atoms. The van der Waals surface area contributed by atoms with Gasteiger partial charge in [0.05, 0.1) is 14.2 Å². The first-order valence-corrected chi connectivity index (χ1v) is 15.4. The number of methoxy groups -OCH3 is 2. The highest BCUT2D eigenvalue weighted by atomic mass is 16.6. The Morgan fingerprint density at radius 2 is 1.28 bits per heavy atom. The number of carbonyl (C=O) groups is 5. The van der Waals surface area contributed by atoms with Crippen molar-refractivity contribution in [2.45, 2.75) is 77.5 Å². The first-order valence-electron chi connectivity index (χ1n) is 15.4. The largest absolute Gasteiger partial charge is 0.468 e. The van der Waals surface area contributed by atoms with Crippen molar-refractivity contribution in [3.05, 3.63) is 65.7 Å². The van der Waals surface area contributed by atoms with Gasteiger partial charge in [0, 0.05) is 25.1 Å². The SMILES string of the molecule is CCCCCNC(=O)C(Cc1ccc(N(CC(=O)OC)CC(=O)OC)cc1)NC(=O)C(Cc1ccccc1)NC(=O)OC(C)(C)C. The van der Waals surface area contributed by atoms with E-state index >= 15 is 0 Å². The summed E-state index contributed by atoms with van der Waals surface area (Å²) in [4.78, 5) is 65.2. The molecule has 0 aromatic heterocycles. The summed E-state index contributed by atoms with van der Waals surface area (Å²) >= 11 is 0. The minimum atomic E-state index is -1.01. The molecular weight excluding hydrogens is 592 g/mol. The molecule has 2 rings (SSSR count). The molecule has 0 heterocycles. The maximum Gasteiger partial charge on any atom is 0.408 e. The van der Waals surface area contributed by atoms with Crippen LogP contribution in [0.15, 0.2) is 54.6 Å². The molecule has 0 fully saturated rings. The summed E-state index contributed by atoms with van der Waals surface area (Å²) < 4.78 is 14.9. The number of hydrogen-bond donors (Lipinski definition) is 3. The number of rotatable bonds is 17. The summed E-state index contributed by atoms with van der Waals surface area (Å²) in [5.74, 6) is -1.95. The Labute approximate surface area is 271 Å². The van der Waals surface area contributed by atoms with Gasteiger partial charge in [-0.15, -0.1) is 0 Å². The summed E-state index contributed by atoms with van der Waals surface area (Å²) in [5.41, 5.74) is 1.33. The van der Waals surface area contributed by atoms with Crippen LogP contribution in [0, 0.1) is 0 Å². The minimum absolute atomic E-state index is 0.143. The van der Waals surface area contributed by atoms with Gasteiger partial charge in [-0.1, -0.05) is 62.2 Å². The Kier molecular flexibility index (Phi) is 15.5. The zero-order valence-electron chi connectivity index (χ0n) is 27.7. The zero-order valence-corrected chi connectivity index (χ0v) is 27.7. The van der Waals surface area contributed by atoms with Gasteiger partial charge < -0.3 is 35.1 Å². The molecule has 0 aliphatic rings. The van der Waals surface area contributed by atoms with Crippen molar-refractivity contribution in [2.75, 3.05) is 38.8 Å². The molecule has 2 aromatic carbocycles.